The second-order valence-electron chi connectivity index (χ2n) is 7.42. The zero-order chi connectivity index (χ0) is 19.4. The van der Waals surface area contributed by atoms with Gasteiger partial charge in [-0.2, -0.15) is 5.10 Å². The van der Waals surface area contributed by atoms with Crippen LogP contribution in [-0.2, 0) is 17.8 Å². The van der Waals surface area contributed by atoms with Crippen LogP contribution in [0.3, 0.4) is 0 Å². The van der Waals surface area contributed by atoms with Gasteiger partial charge in [0.2, 0.25) is 11.8 Å². The Morgan fingerprint density at radius 1 is 1.29 bits per heavy atom. The highest BCUT2D eigenvalue weighted by molar-refractivity contribution is 5.95. The van der Waals surface area contributed by atoms with E-state index in [0.717, 1.165) is 24.0 Å². The van der Waals surface area contributed by atoms with E-state index in [1.807, 2.05) is 6.20 Å². The Morgan fingerprint density at radius 2 is 2.14 bits per heavy atom. The number of fused-ring (bicyclic) bond motifs is 1. The minimum atomic E-state index is -0.433. The van der Waals surface area contributed by atoms with Gasteiger partial charge in [0.05, 0.1) is 24.9 Å². The van der Waals surface area contributed by atoms with Crippen molar-refractivity contribution in [1.82, 2.24) is 19.6 Å². The molecule has 144 valence electrons. The van der Waals surface area contributed by atoms with Crippen LogP contribution in [0.1, 0.15) is 25.0 Å². The molecule has 9 heteroatoms. The van der Waals surface area contributed by atoms with Crippen LogP contribution in [0.25, 0.3) is 5.65 Å². The van der Waals surface area contributed by atoms with Crippen LogP contribution in [0.4, 0.5) is 15.9 Å². The van der Waals surface area contributed by atoms with Gasteiger partial charge in [-0.25, -0.2) is 18.9 Å². The van der Waals surface area contributed by atoms with E-state index in [1.165, 1.54) is 6.07 Å². The van der Waals surface area contributed by atoms with Crippen LogP contribution >= 0.6 is 0 Å². The molecule has 3 aromatic rings. The number of nitrogens with one attached hydrogen (secondary N) is 1. The maximum absolute atomic E-state index is 13.9. The Balaban J connectivity index is 1.68. The average molecular weight is 382 g/mol. The fourth-order valence-electron chi connectivity index (χ4n) is 3.72. The van der Waals surface area contributed by atoms with E-state index in [0.29, 0.717) is 29.3 Å². The monoisotopic (exact) mass is 382 g/mol. The number of amides is 1. The number of carbonyl (C=O) groups excluding carboxylic acids is 1. The van der Waals surface area contributed by atoms with Crippen molar-refractivity contribution >= 4 is 23.1 Å². The Kier molecular flexibility index (Phi) is 3.71. The Hall–Kier alpha value is -3.23. The second kappa shape index (κ2) is 6.15. The topological polar surface area (TPSA) is 84.7 Å². The van der Waals surface area contributed by atoms with Crippen LogP contribution in [0.5, 0.6) is 5.88 Å². The van der Waals surface area contributed by atoms with Crippen LogP contribution < -0.4 is 15.0 Å². The summed E-state index contributed by atoms with van der Waals surface area (Å²) in [5.74, 6) is 0.0805. The third kappa shape index (κ3) is 2.65. The minimum Gasteiger partial charge on any atom is -0.477 e. The van der Waals surface area contributed by atoms with Gasteiger partial charge < -0.3 is 15.0 Å². The van der Waals surface area contributed by atoms with E-state index in [9.17, 15) is 9.18 Å². The van der Waals surface area contributed by atoms with Crippen LogP contribution in [0, 0.1) is 11.7 Å². The molecule has 28 heavy (non-hydrogen) atoms. The molecule has 0 radical (unpaired) electrons. The first kappa shape index (κ1) is 16.9. The first-order valence-corrected chi connectivity index (χ1v) is 9.21. The lowest BCUT2D eigenvalue weighted by Crippen LogP contribution is -2.29. The molecule has 2 aliphatic heterocycles. The summed E-state index contributed by atoms with van der Waals surface area (Å²) in [6.07, 6.45) is 5.47. The number of hydrogen-bond acceptors (Lipinski definition) is 6. The van der Waals surface area contributed by atoms with Crippen LogP contribution in [0.2, 0.25) is 0 Å². The van der Waals surface area contributed by atoms with Crippen molar-refractivity contribution in [2.24, 2.45) is 5.92 Å². The number of carbonyl (C=O) groups is 1. The predicted molar refractivity (Wildman–Crippen MR) is 99.8 cm³/mol. The lowest BCUT2D eigenvalue weighted by atomic mass is 10.1. The van der Waals surface area contributed by atoms with Gasteiger partial charge in [-0.15, -0.1) is 0 Å². The molecule has 8 nitrogen and oxygen atoms in total. The van der Waals surface area contributed by atoms with E-state index in [1.54, 1.807) is 17.6 Å². The molecule has 0 unspecified atom stereocenters. The number of ether oxygens (including phenoxy) is 1. The van der Waals surface area contributed by atoms with E-state index >= 15 is 0 Å². The molecule has 3 aromatic heterocycles. The summed E-state index contributed by atoms with van der Waals surface area (Å²) in [5, 5.41) is 7.20. The normalized spacial score (nSPS) is 21.5. The number of anilines is 2. The largest absolute Gasteiger partial charge is 0.477 e. The smallest absolute Gasteiger partial charge is 0.230 e. The molecule has 2 atom stereocenters. The highest BCUT2D eigenvalue weighted by Gasteiger charge is 2.31. The molecule has 0 fully saturated rings. The fourth-order valence-corrected chi connectivity index (χ4v) is 3.72. The van der Waals surface area contributed by atoms with Gasteiger partial charge in [0.1, 0.15) is 23.9 Å². The molecular weight excluding hydrogens is 363 g/mol. The van der Waals surface area contributed by atoms with E-state index in [2.05, 4.69) is 27.2 Å². The summed E-state index contributed by atoms with van der Waals surface area (Å²) in [5.41, 5.74) is 2.81. The summed E-state index contributed by atoms with van der Waals surface area (Å²) >= 11 is 0. The molecule has 5 heterocycles. The number of nitrogens with zero attached hydrogens (tertiary/aromatic N) is 5. The summed E-state index contributed by atoms with van der Waals surface area (Å²) in [4.78, 5) is 23.6. The van der Waals surface area contributed by atoms with Crippen molar-refractivity contribution in [3.8, 4) is 5.88 Å². The molecule has 1 N–H and O–H groups in total. The molecule has 0 aromatic carbocycles. The Bertz CT molecular complexity index is 1100. The number of pyridine rings is 1. The van der Waals surface area contributed by atoms with E-state index in [4.69, 9.17) is 9.72 Å². The van der Waals surface area contributed by atoms with Crippen molar-refractivity contribution in [3.05, 3.63) is 41.6 Å². The first-order chi connectivity index (χ1) is 13.5. The standard InChI is InChI=1S/C19H19FN6O2/c1-10-9-28-19-13(4-14(20)5-21-19)7-25-11(2)3-12-8-26-17(24-16(12)25)15(6-22-26)23-18(10)27/h4-6,8,10-11H,3,7,9H2,1-2H3,(H,23,27)/t10-,11-/m1/s1. The van der Waals surface area contributed by atoms with Crippen molar-refractivity contribution in [1.29, 1.82) is 0 Å². The molecule has 5 rings (SSSR count). The van der Waals surface area contributed by atoms with Gasteiger partial charge in [-0.3, -0.25) is 4.79 Å². The predicted octanol–water partition coefficient (Wildman–Crippen LogP) is 2.18. The Labute approximate surface area is 160 Å². The highest BCUT2D eigenvalue weighted by atomic mass is 19.1. The number of aromatic nitrogens is 4. The molecule has 2 bridgehead atoms. The van der Waals surface area contributed by atoms with Crippen molar-refractivity contribution in [3.63, 3.8) is 0 Å². The molecular formula is C19H19FN6O2. The fraction of sp³-hybridized carbons (Fsp3) is 0.368. The lowest BCUT2D eigenvalue weighted by Gasteiger charge is -2.24. The zero-order valence-electron chi connectivity index (χ0n) is 15.5. The summed E-state index contributed by atoms with van der Waals surface area (Å²) in [6, 6.07) is 1.60. The third-order valence-corrected chi connectivity index (χ3v) is 5.27. The molecule has 1 amide bonds. The van der Waals surface area contributed by atoms with Gasteiger partial charge >= 0.3 is 0 Å². The molecule has 0 spiro atoms. The second-order valence-corrected chi connectivity index (χ2v) is 7.42. The van der Waals surface area contributed by atoms with Gasteiger partial charge in [-0.1, -0.05) is 6.92 Å². The quantitative estimate of drug-likeness (QED) is 0.642. The van der Waals surface area contributed by atoms with Gasteiger partial charge in [0, 0.05) is 23.4 Å². The molecule has 0 aliphatic carbocycles. The average Bonchev–Trinajstić information content (AvgIpc) is 3.19. The van der Waals surface area contributed by atoms with E-state index in [-0.39, 0.29) is 18.6 Å². The number of hydrogen-bond donors (Lipinski definition) is 1. The minimum absolute atomic E-state index is 0.133. The van der Waals surface area contributed by atoms with Gasteiger partial charge in [0.25, 0.3) is 0 Å². The number of halogens is 1. The maximum atomic E-state index is 13.9. The third-order valence-electron chi connectivity index (χ3n) is 5.27. The van der Waals surface area contributed by atoms with Gasteiger partial charge in [-0.05, 0) is 19.4 Å². The summed E-state index contributed by atoms with van der Waals surface area (Å²) in [7, 11) is 0. The molecule has 2 aliphatic rings. The van der Waals surface area contributed by atoms with Crippen LogP contribution in [-0.4, -0.2) is 38.1 Å². The molecule has 0 saturated carbocycles. The highest BCUT2D eigenvalue weighted by Crippen LogP contribution is 2.34. The lowest BCUT2D eigenvalue weighted by molar-refractivity contribution is -0.120. The number of rotatable bonds is 0. The van der Waals surface area contributed by atoms with Crippen molar-refractivity contribution in [2.75, 3.05) is 16.8 Å². The van der Waals surface area contributed by atoms with Crippen molar-refractivity contribution in [2.45, 2.75) is 32.9 Å². The molecule has 0 saturated heterocycles. The Morgan fingerprint density at radius 3 is 3.00 bits per heavy atom. The van der Waals surface area contributed by atoms with Crippen LogP contribution in [0.15, 0.2) is 24.7 Å². The summed E-state index contributed by atoms with van der Waals surface area (Å²) < 4.78 is 21.4. The first-order valence-electron chi connectivity index (χ1n) is 9.21. The SMILES string of the molecule is C[C@@H]1COc2ncc(F)cc2CN2c3nc4c(cnn4cc3C[C@H]2C)NC1=O. The zero-order valence-corrected chi connectivity index (χ0v) is 15.5. The van der Waals surface area contributed by atoms with Crippen molar-refractivity contribution < 1.29 is 13.9 Å². The summed E-state index contributed by atoms with van der Waals surface area (Å²) in [6.45, 7) is 4.41. The maximum Gasteiger partial charge on any atom is 0.230 e. The van der Waals surface area contributed by atoms with E-state index < -0.39 is 11.7 Å². The van der Waals surface area contributed by atoms with Gasteiger partial charge in [0.15, 0.2) is 5.65 Å².